The Kier molecular flexibility index (Phi) is 4.15. The van der Waals surface area contributed by atoms with E-state index in [9.17, 15) is 13.2 Å². The zero-order valence-corrected chi connectivity index (χ0v) is 11.0. The van der Waals surface area contributed by atoms with Gasteiger partial charge in [0.25, 0.3) is 0 Å². The molecule has 0 unspecified atom stereocenters. The third kappa shape index (κ3) is 3.11. The van der Waals surface area contributed by atoms with Crippen molar-refractivity contribution in [3.63, 3.8) is 0 Å². The summed E-state index contributed by atoms with van der Waals surface area (Å²) in [6, 6.07) is 3.94. The maximum Gasteiger partial charge on any atom is 0.339 e. The number of rotatable bonds is 5. The number of hydrogen-bond donors (Lipinski definition) is 2. The fraction of sp³-hybridized carbons (Fsp3) is 0.300. The van der Waals surface area contributed by atoms with E-state index in [2.05, 4.69) is 4.72 Å². The molecule has 0 aliphatic rings. The molecule has 1 aromatic carbocycles. The number of ether oxygens (including phenoxy) is 1. The molecule has 0 amide bonds. The van der Waals surface area contributed by atoms with Crippen LogP contribution in [0.25, 0.3) is 0 Å². The summed E-state index contributed by atoms with van der Waals surface area (Å²) >= 11 is 0. The fourth-order valence-electron chi connectivity index (χ4n) is 1.17. The van der Waals surface area contributed by atoms with Gasteiger partial charge < -0.3 is 9.84 Å². The van der Waals surface area contributed by atoms with Crippen LogP contribution in [0, 0.1) is 0 Å². The van der Waals surface area contributed by atoms with Crippen molar-refractivity contribution in [2.24, 2.45) is 0 Å². The van der Waals surface area contributed by atoms with E-state index in [0.29, 0.717) is 0 Å². The second-order valence-electron chi connectivity index (χ2n) is 3.61. The Balaban J connectivity index is 3.11. The first kappa shape index (κ1) is 14.3. The smallest absolute Gasteiger partial charge is 0.339 e. The molecule has 0 aliphatic carbocycles. The van der Waals surface area contributed by atoms with Gasteiger partial charge in [-0.15, -0.1) is 0 Å². The summed E-state index contributed by atoms with van der Waals surface area (Å²) in [5.41, 5.74) is 0.191. The molecule has 0 atom stereocenters. The van der Waals surface area contributed by atoms with Crippen LogP contribution in [0.1, 0.15) is 10.4 Å². The van der Waals surface area contributed by atoms with Crippen LogP contribution >= 0.6 is 0 Å². The van der Waals surface area contributed by atoms with Gasteiger partial charge in [-0.25, -0.2) is 4.79 Å². The highest BCUT2D eigenvalue weighted by Gasteiger charge is 2.16. The molecular formula is C10H14N2O5S. The van der Waals surface area contributed by atoms with E-state index >= 15 is 0 Å². The Bertz CT molecular complexity index is 553. The summed E-state index contributed by atoms with van der Waals surface area (Å²) in [5.74, 6) is -1.06. The van der Waals surface area contributed by atoms with Crippen LogP contribution in [0.2, 0.25) is 0 Å². The Morgan fingerprint density at radius 3 is 2.44 bits per heavy atom. The molecule has 8 heteroatoms. The number of carboxylic acids is 1. The summed E-state index contributed by atoms with van der Waals surface area (Å²) in [6.45, 7) is 0. The van der Waals surface area contributed by atoms with Crippen LogP contribution < -0.4 is 9.46 Å². The molecular weight excluding hydrogens is 260 g/mol. The van der Waals surface area contributed by atoms with Crippen LogP contribution in [0.4, 0.5) is 5.69 Å². The molecule has 0 saturated heterocycles. The van der Waals surface area contributed by atoms with Gasteiger partial charge in [0.05, 0.1) is 12.8 Å². The van der Waals surface area contributed by atoms with E-state index in [4.69, 9.17) is 9.84 Å². The molecule has 0 aromatic heterocycles. The Morgan fingerprint density at radius 2 is 2.00 bits per heavy atom. The van der Waals surface area contributed by atoms with Crippen molar-refractivity contribution in [3.05, 3.63) is 23.8 Å². The minimum absolute atomic E-state index is 0.0368. The second kappa shape index (κ2) is 5.23. The highest BCUT2D eigenvalue weighted by atomic mass is 32.2. The molecule has 0 fully saturated rings. The van der Waals surface area contributed by atoms with Gasteiger partial charge in [-0.3, -0.25) is 4.72 Å². The van der Waals surface area contributed by atoms with Crippen LogP contribution in [0.5, 0.6) is 5.75 Å². The third-order valence-electron chi connectivity index (χ3n) is 2.16. The minimum Gasteiger partial charge on any atom is -0.496 e. The SMILES string of the molecule is COc1cc(NS(=O)(=O)N(C)C)ccc1C(=O)O. The molecule has 0 radical (unpaired) electrons. The lowest BCUT2D eigenvalue weighted by Crippen LogP contribution is -2.28. The zero-order valence-electron chi connectivity index (χ0n) is 10.2. The van der Waals surface area contributed by atoms with Crippen molar-refractivity contribution in [1.29, 1.82) is 0 Å². The largest absolute Gasteiger partial charge is 0.496 e. The first-order valence-corrected chi connectivity index (χ1v) is 6.33. The van der Waals surface area contributed by atoms with Gasteiger partial charge in [-0.1, -0.05) is 0 Å². The lowest BCUT2D eigenvalue weighted by molar-refractivity contribution is 0.0693. The monoisotopic (exact) mass is 274 g/mol. The van der Waals surface area contributed by atoms with E-state index in [1.54, 1.807) is 0 Å². The predicted octanol–water partition coefficient (Wildman–Crippen LogP) is 0.612. The summed E-state index contributed by atoms with van der Waals surface area (Å²) in [5, 5.41) is 8.88. The molecule has 7 nitrogen and oxygen atoms in total. The van der Waals surface area contributed by atoms with E-state index < -0.39 is 16.2 Å². The molecule has 0 spiro atoms. The highest BCUT2D eigenvalue weighted by Crippen LogP contribution is 2.24. The Labute approximate surface area is 105 Å². The molecule has 0 aliphatic heterocycles. The lowest BCUT2D eigenvalue weighted by atomic mass is 10.2. The highest BCUT2D eigenvalue weighted by molar-refractivity contribution is 7.90. The molecule has 0 saturated carbocycles. The van der Waals surface area contributed by atoms with Crippen LogP contribution in [-0.4, -0.2) is 45.0 Å². The van der Waals surface area contributed by atoms with Gasteiger partial charge in [-0.05, 0) is 12.1 Å². The summed E-state index contributed by atoms with van der Waals surface area (Å²) in [7, 11) is 0.443. The molecule has 1 aromatic rings. The summed E-state index contributed by atoms with van der Waals surface area (Å²) < 4.78 is 31.3. The zero-order chi connectivity index (χ0) is 13.9. The minimum atomic E-state index is -3.63. The summed E-state index contributed by atoms with van der Waals surface area (Å²) in [4.78, 5) is 10.9. The van der Waals surface area contributed by atoms with Crippen molar-refractivity contribution in [3.8, 4) is 5.75 Å². The average molecular weight is 274 g/mol. The van der Waals surface area contributed by atoms with Crippen LogP contribution in [-0.2, 0) is 10.2 Å². The van der Waals surface area contributed by atoms with Gasteiger partial charge >= 0.3 is 16.2 Å². The normalized spacial score (nSPS) is 11.3. The van der Waals surface area contributed by atoms with E-state index in [-0.39, 0.29) is 17.0 Å². The van der Waals surface area contributed by atoms with Crippen molar-refractivity contribution in [2.75, 3.05) is 25.9 Å². The van der Waals surface area contributed by atoms with E-state index in [0.717, 1.165) is 4.31 Å². The Hall–Kier alpha value is -1.80. The first-order valence-electron chi connectivity index (χ1n) is 4.89. The standard InChI is InChI=1S/C10H14N2O5S/c1-12(2)18(15,16)11-7-4-5-8(10(13)14)9(6-7)17-3/h4-6,11H,1-3H3,(H,13,14). The predicted molar refractivity (Wildman–Crippen MR) is 66.2 cm³/mol. The second-order valence-corrected chi connectivity index (χ2v) is 5.49. The van der Waals surface area contributed by atoms with Crippen molar-refractivity contribution >= 4 is 21.9 Å². The molecule has 100 valence electrons. The first-order chi connectivity index (χ1) is 8.27. The number of nitrogens with zero attached hydrogens (tertiary/aromatic N) is 1. The molecule has 0 bridgehead atoms. The van der Waals surface area contributed by atoms with Crippen molar-refractivity contribution < 1.29 is 23.1 Å². The quantitative estimate of drug-likeness (QED) is 0.820. The summed E-state index contributed by atoms with van der Waals surface area (Å²) in [6.07, 6.45) is 0. The third-order valence-corrected chi connectivity index (χ3v) is 3.61. The Morgan fingerprint density at radius 1 is 1.39 bits per heavy atom. The number of aromatic carboxylic acids is 1. The maximum atomic E-state index is 11.6. The molecule has 18 heavy (non-hydrogen) atoms. The molecule has 1 rings (SSSR count). The maximum absolute atomic E-state index is 11.6. The van der Waals surface area contributed by atoms with Crippen LogP contribution in [0.15, 0.2) is 18.2 Å². The fourth-order valence-corrected chi connectivity index (χ4v) is 1.78. The van der Waals surface area contributed by atoms with E-state index in [1.807, 2.05) is 0 Å². The van der Waals surface area contributed by atoms with Gasteiger partial charge in [-0.2, -0.15) is 12.7 Å². The number of methoxy groups -OCH3 is 1. The molecule has 0 heterocycles. The van der Waals surface area contributed by atoms with Gasteiger partial charge in [0.2, 0.25) is 0 Å². The number of anilines is 1. The number of benzene rings is 1. The number of carboxylic acid groups (broad SMARTS) is 1. The molecule has 2 N–H and O–H groups in total. The van der Waals surface area contributed by atoms with Crippen LogP contribution in [0.3, 0.4) is 0 Å². The lowest BCUT2D eigenvalue weighted by Gasteiger charge is -2.14. The number of carbonyl (C=O) groups is 1. The topological polar surface area (TPSA) is 95.9 Å². The number of nitrogens with one attached hydrogen (secondary N) is 1. The van der Waals surface area contributed by atoms with Gasteiger partial charge in [0.1, 0.15) is 11.3 Å². The average Bonchev–Trinajstić information content (AvgIpc) is 2.27. The van der Waals surface area contributed by atoms with Crippen molar-refractivity contribution in [2.45, 2.75) is 0 Å². The van der Waals surface area contributed by atoms with E-state index in [1.165, 1.54) is 39.4 Å². The number of hydrogen-bond acceptors (Lipinski definition) is 4. The van der Waals surface area contributed by atoms with Crippen molar-refractivity contribution in [1.82, 2.24) is 4.31 Å². The van der Waals surface area contributed by atoms with Gasteiger partial charge in [0, 0.05) is 20.2 Å². The van der Waals surface area contributed by atoms with Gasteiger partial charge in [0.15, 0.2) is 0 Å².